The van der Waals surface area contributed by atoms with Crippen molar-refractivity contribution in [2.75, 3.05) is 13.2 Å². The van der Waals surface area contributed by atoms with Crippen LogP contribution in [0.15, 0.2) is 24.3 Å². The van der Waals surface area contributed by atoms with E-state index >= 15 is 0 Å². The largest absolute Gasteiger partial charge is 0.483 e. The molecule has 0 spiro atoms. The molecule has 138 valence electrons. The first kappa shape index (κ1) is 18.0. The van der Waals surface area contributed by atoms with Crippen LogP contribution in [0.1, 0.15) is 28.9 Å². The molecule has 0 aliphatic carbocycles. The molecule has 1 aliphatic rings. The van der Waals surface area contributed by atoms with Crippen LogP contribution in [-0.2, 0) is 29.1 Å². The zero-order chi connectivity index (χ0) is 18.7. The number of hydrogen-bond donors (Lipinski definition) is 1. The summed E-state index contributed by atoms with van der Waals surface area (Å²) in [4.78, 5) is 24.9. The van der Waals surface area contributed by atoms with Crippen molar-refractivity contribution in [1.29, 1.82) is 0 Å². The van der Waals surface area contributed by atoms with Crippen LogP contribution in [0.25, 0.3) is 0 Å². The lowest BCUT2D eigenvalue weighted by molar-refractivity contribution is -0.137. The first-order valence-corrected chi connectivity index (χ1v) is 8.68. The summed E-state index contributed by atoms with van der Waals surface area (Å²) in [6, 6.07) is 7.68. The van der Waals surface area contributed by atoms with Crippen LogP contribution < -0.4 is 4.74 Å². The molecular weight excluding hydrogens is 334 g/mol. The smallest absolute Gasteiger partial charge is 0.303 e. The molecule has 7 heteroatoms. The fourth-order valence-corrected chi connectivity index (χ4v) is 3.01. The van der Waals surface area contributed by atoms with Gasteiger partial charge in [-0.05, 0) is 37.1 Å². The zero-order valence-corrected chi connectivity index (χ0v) is 15.1. The van der Waals surface area contributed by atoms with Gasteiger partial charge in [0.15, 0.2) is 6.61 Å². The van der Waals surface area contributed by atoms with E-state index in [2.05, 4.69) is 5.10 Å². The van der Waals surface area contributed by atoms with E-state index < -0.39 is 5.97 Å². The molecule has 0 atom stereocenters. The topological polar surface area (TPSA) is 84.7 Å². The normalized spacial score (nSPS) is 13.4. The number of amides is 1. The fraction of sp³-hybridized carbons (Fsp3) is 0.421. The number of ether oxygens (including phenoxy) is 1. The van der Waals surface area contributed by atoms with Crippen molar-refractivity contribution in [3.8, 4) is 5.75 Å². The second-order valence-electron chi connectivity index (χ2n) is 6.55. The monoisotopic (exact) mass is 357 g/mol. The van der Waals surface area contributed by atoms with Crippen molar-refractivity contribution < 1.29 is 19.4 Å². The van der Waals surface area contributed by atoms with E-state index in [1.54, 1.807) is 4.90 Å². The minimum Gasteiger partial charge on any atom is -0.483 e. The van der Waals surface area contributed by atoms with Gasteiger partial charge in [0.05, 0.1) is 30.9 Å². The lowest BCUT2D eigenvalue weighted by atomic mass is 10.1. The third-order valence-corrected chi connectivity index (χ3v) is 4.70. The number of hydrogen-bond acceptors (Lipinski definition) is 4. The van der Waals surface area contributed by atoms with Crippen molar-refractivity contribution in [3.63, 3.8) is 0 Å². The Bertz CT molecular complexity index is 828. The van der Waals surface area contributed by atoms with Gasteiger partial charge in [-0.1, -0.05) is 12.1 Å². The standard InChI is InChI=1S/C19H23N3O4/c1-13-4-3-5-17(14(13)2)26-12-18(23)21-8-9-22-16(11-21)10-15(20-22)6-7-19(24)25/h3-5,10H,6-9,11-12H2,1-2H3,(H,24,25). The number of carbonyl (C=O) groups is 2. The number of carbonyl (C=O) groups excluding carboxylic acids is 1. The van der Waals surface area contributed by atoms with Crippen LogP contribution in [-0.4, -0.2) is 44.8 Å². The quantitative estimate of drug-likeness (QED) is 0.854. The van der Waals surface area contributed by atoms with E-state index in [9.17, 15) is 9.59 Å². The highest BCUT2D eigenvalue weighted by Crippen LogP contribution is 2.21. The Kier molecular flexibility index (Phi) is 5.25. The van der Waals surface area contributed by atoms with E-state index in [1.807, 2.05) is 42.8 Å². The van der Waals surface area contributed by atoms with Crippen molar-refractivity contribution in [2.24, 2.45) is 0 Å². The average molecular weight is 357 g/mol. The van der Waals surface area contributed by atoms with Gasteiger partial charge < -0.3 is 14.7 Å². The molecule has 0 saturated heterocycles. The van der Waals surface area contributed by atoms with E-state index in [4.69, 9.17) is 9.84 Å². The van der Waals surface area contributed by atoms with Gasteiger partial charge in [0, 0.05) is 13.0 Å². The molecule has 2 heterocycles. The summed E-state index contributed by atoms with van der Waals surface area (Å²) in [5, 5.41) is 13.2. The molecule has 0 bridgehead atoms. The number of benzene rings is 1. The molecule has 7 nitrogen and oxygen atoms in total. The van der Waals surface area contributed by atoms with Crippen molar-refractivity contribution in [1.82, 2.24) is 14.7 Å². The van der Waals surface area contributed by atoms with Gasteiger partial charge >= 0.3 is 5.97 Å². The Morgan fingerprint density at radius 2 is 2.08 bits per heavy atom. The second kappa shape index (κ2) is 7.59. The highest BCUT2D eigenvalue weighted by Gasteiger charge is 2.23. The summed E-state index contributed by atoms with van der Waals surface area (Å²) in [6.07, 6.45) is 0.460. The molecule has 0 unspecified atom stereocenters. The van der Waals surface area contributed by atoms with Gasteiger partial charge in [0.2, 0.25) is 0 Å². The predicted octanol–water partition coefficient (Wildman–Crippen LogP) is 1.94. The van der Waals surface area contributed by atoms with Gasteiger partial charge in [0.1, 0.15) is 5.75 Å². The van der Waals surface area contributed by atoms with E-state index in [0.29, 0.717) is 26.1 Å². The minimum atomic E-state index is -0.837. The summed E-state index contributed by atoms with van der Waals surface area (Å²) in [5.41, 5.74) is 3.85. The number of carboxylic acid groups (broad SMARTS) is 1. The zero-order valence-electron chi connectivity index (χ0n) is 15.1. The number of fused-ring (bicyclic) bond motifs is 1. The molecule has 1 aromatic heterocycles. The summed E-state index contributed by atoms with van der Waals surface area (Å²) < 4.78 is 7.57. The van der Waals surface area contributed by atoms with Gasteiger partial charge in [-0.3, -0.25) is 14.3 Å². The van der Waals surface area contributed by atoms with Crippen LogP contribution in [0, 0.1) is 13.8 Å². The maximum Gasteiger partial charge on any atom is 0.303 e. The first-order valence-electron chi connectivity index (χ1n) is 8.68. The van der Waals surface area contributed by atoms with Crippen LogP contribution in [0.2, 0.25) is 0 Å². The number of aryl methyl sites for hydroxylation is 2. The molecule has 26 heavy (non-hydrogen) atoms. The Balaban J connectivity index is 1.58. The highest BCUT2D eigenvalue weighted by atomic mass is 16.5. The maximum atomic E-state index is 12.5. The van der Waals surface area contributed by atoms with Gasteiger partial charge in [-0.15, -0.1) is 0 Å². The number of carboxylic acids is 1. The second-order valence-corrected chi connectivity index (χ2v) is 6.55. The van der Waals surface area contributed by atoms with Gasteiger partial charge in [-0.2, -0.15) is 5.10 Å². The molecule has 1 aliphatic heterocycles. The highest BCUT2D eigenvalue weighted by molar-refractivity contribution is 5.78. The molecule has 0 saturated carbocycles. The Labute approximate surface area is 152 Å². The Morgan fingerprint density at radius 1 is 1.27 bits per heavy atom. The molecule has 1 amide bonds. The van der Waals surface area contributed by atoms with E-state index in [-0.39, 0.29) is 18.9 Å². The minimum absolute atomic E-state index is 0.00427. The fourth-order valence-electron chi connectivity index (χ4n) is 3.01. The third kappa shape index (κ3) is 4.04. The maximum absolute atomic E-state index is 12.5. The predicted molar refractivity (Wildman–Crippen MR) is 95.0 cm³/mol. The van der Waals surface area contributed by atoms with Crippen LogP contribution in [0.3, 0.4) is 0 Å². The summed E-state index contributed by atoms with van der Waals surface area (Å²) >= 11 is 0. The number of aliphatic carboxylic acids is 1. The molecule has 0 fully saturated rings. The van der Waals surface area contributed by atoms with Gasteiger partial charge in [-0.25, -0.2) is 0 Å². The Hall–Kier alpha value is -2.83. The van der Waals surface area contributed by atoms with Gasteiger partial charge in [0.25, 0.3) is 5.91 Å². The van der Waals surface area contributed by atoms with Crippen molar-refractivity contribution in [2.45, 2.75) is 39.8 Å². The van der Waals surface area contributed by atoms with Crippen LogP contribution in [0.4, 0.5) is 0 Å². The molecule has 3 rings (SSSR count). The van der Waals surface area contributed by atoms with E-state index in [0.717, 1.165) is 28.3 Å². The number of rotatable bonds is 6. The van der Waals surface area contributed by atoms with Crippen molar-refractivity contribution >= 4 is 11.9 Å². The first-order chi connectivity index (χ1) is 12.4. The SMILES string of the molecule is Cc1cccc(OCC(=O)N2CCn3nc(CCC(=O)O)cc3C2)c1C. The summed E-state index contributed by atoms with van der Waals surface area (Å²) in [5.74, 6) is -0.168. The third-order valence-electron chi connectivity index (χ3n) is 4.70. The number of aromatic nitrogens is 2. The summed E-state index contributed by atoms with van der Waals surface area (Å²) in [7, 11) is 0. The molecule has 1 N–H and O–H groups in total. The number of nitrogens with zero attached hydrogens (tertiary/aromatic N) is 3. The molecule has 2 aromatic rings. The van der Waals surface area contributed by atoms with E-state index in [1.165, 1.54) is 0 Å². The van der Waals surface area contributed by atoms with Crippen molar-refractivity contribution in [3.05, 3.63) is 46.8 Å². The molecular formula is C19H23N3O4. The molecule has 0 radical (unpaired) electrons. The van der Waals surface area contributed by atoms with Crippen LogP contribution in [0.5, 0.6) is 5.75 Å². The average Bonchev–Trinajstić information content (AvgIpc) is 3.03. The lowest BCUT2D eigenvalue weighted by Gasteiger charge is -2.27. The molecule has 1 aromatic carbocycles. The Morgan fingerprint density at radius 3 is 2.85 bits per heavy atom. The summed E-state index contributed by atoms with van der Waals surface area (Å²) in [6.45, 7) is 5.64. The van der Waals surface area contributed by atoms with Crippen LogP contribution >= 0.6 is 0 Å². The lowest BCUT2D eigenvalue weighted by Crippen LogP contribution is -2.40.